The van der Waals surface area contributed by atoms with E-state index in [1.807, 2.05) is 4.58 Å². The molecule has 1 amide bonds. The molecule has 0 aliphatic carbocycles. The second kappa shape index (κ2) is 4.99. The molecule has 0 saturated heterocycles. The predicted octanol–water partition coefficient (Wildman–Crippen LogP) is 3.80. The van der Waals surface area contributed by atoms with Gasteiger partial charge in [0.25, 0.3) is 0 Å². The predicted molar refractivity (Wildman–Crippen MR) is 77.0 cm³/mol. The number of allylic oxidation sites excluding steroid dienone is 1. The van der Waals surface area contributed by atoms with E-state index in [1.54, 1.807) is 0 Å². The molecule has 0 aromatic carbocycles. The van der Waals surface area contributed by atoms with Gasteiger partial charge in [-0.3, -0.25) is 0 Å². The van der Waals surface area contributed by atoms with E-state index in [0.717, 1.165) is 25.0 Å². The van der Waals surface area contributed by atoms with E-state index >= 15 is 0 Å². The maximum Gasteiger partial charge on any atom is 0.415 e. The van der Waals surface area contributed by atoms with Gasteiger partial charge in [-0.25, -0.2) is 4.79 Å². The maximum absolute atomic E-state index is 12.7. The third-order valence-corrected chi connectivity index (χ3v) is 3.41. The van der Waals surface area contributed by atoms with Crippen molar-refractivity contribution < 1.29 is 9.37 Å². The number of carbonyl (C=O) groups excluding carboxylic acids is 1. The first-order chi connectivity index (χ1) is 8.09. The van der Waals surface area contributed by atoms with Gasteiger partial charge in [0.2, 0.25) is 0 Å². The minimum atomic E-state index is -0.0834. The number of hydrogen-bond acceptors (Lipinski definition) is 1. The third kappa shape index (κ3) is 3.09. The molecule has 0 bridgehead atoms. The third-order valence-electron chi connectivity index (χ3n) is 3.41. The Morgan fingerprint density at radius 3 is 2.06 bits per heavy atom. The van der Waals surface area contributed by atoms with E-state index in [0.29, 0.717) is 0 Å². The van der Waals surface area contributed by atoms with Crippen LogP contribution in [0.3, 0.4) is 0 Å². The number of nitrogens with zero attached hydrogens (tertiary/aromatic N) is 1. The highest BCUT2D eigenvalue weighted by Crippen LogP contribution is 2.39. The standard InChI is InChI=1S/C16H28NO/c1-8-10-17-11-9-12(15(2,3)4)13(14(17)18)16(5,6)7/h11H,8-10H2,1-7H3/q+1. The summed E-state index contributed by atoms with van der Waals surface area (Å²) in [5.74, 6) is 0.209. The fourth-order valence-corrected chi connectivity index (χ4v) is 2.55. The minimum absolute atomic E-state index is 0.0626. The summed E-state index contributed by atoms with van der Waals surface area (Å²) in [4.78, 5) is 12.7. The summed E-state index contributed by atoms with van der Waals surface area (Å²) >= 11 is 0. The summed E-state index contributed by atoms with van der Waals surface area (Å²) in [5, 5.41) is 0. The lowest BCUT2D eigenvalue weighted by molar-refractivity contribution is -0.443. The van der Waals surface area contributed by atoms with Crippen LogP contribution in [0.2, 0.25) is 0 Å². The molecule has 0 N–H and O–H groups in total. The van der Waals surface area contributed by atoms with Crippen LogP contribution in [0, 0.1) is 10.8 Å². The van der Waals surface area contributed by atoms with Crippen LogP contribution in [0.1, 0.15) is 61.3 Å². The molecule has 1 rings (SSSR count). The first-order valence-electron chi connectivity index (χ1n) is 6.97. The second-order valence-corrected chi connectivity index (χ2v) is 7.24. The molecule has 0 spiro atoms. The lowest BCUT2D eigenvalue weighted by Gasteiger charge is -2.32. The molecule has 18 heavy (non-hydrogen) atoms. The Hall–Kier alpha value is -0.920. The lowest BCUT2D eigenvalue weighted by atomic mass is 9.72. The molecule has 0 atom stereocenters. The van der Waals surface area contributed by atoms with E-state index in [1.165, 1.54) is 5.57 Å². The zero-order valence-corrected chi connectivity index (χ0v) is 13.1. The van der Waals surface area contributed by atoms with Crippen LogP contribution in [0.15, 0.2) is 11.1 Å². The average molecular weight is 250 g/mol. The van der Waals surface area contributed by atoms with E-state index in [-0.39, 0.29) is 16.7 Å². The number of hydrogen-bond donors (Lipinski definition) is 0. The molecule has 0 unspecified atom stereocenters. The molecule has 1 aliphatic rings. The van der Waals surface area contributed by atoms with Gasteiger partial charge in [-0.15, -0.1) is 0 Å². The molecule has 1 heterocycles. The average Bonchev–Trinajstić information content (AvgIpc) is 2.17. The lowest BCUT2D eigenvalue weighted by Crippen LogP contribution is -2.36. The zero-order chi connectivity index (χ0) is 14.1. The van der Waals surface area contributed by atoms with Crippen LogP contribution in [0.5, 0.6) is 0 Å². The van der Waals surface area contributed by atoms with Crippen molar-refractivity contribution in [1.82, 2.24) is 0 Å². The summed E-state index contributed by atoms with van der Waals surface area (Å²) in [6.07, 6.45) is 3.98. The van der Waals surface area contributed by atoms with Gasteiger partial charge in [0.15, 0.2) is 12.8 Å². The van der Waals surface area contributed by atoms with Gasteiger partial charge in [0, 0.05) is 12.8 Å². The van der Waals surface area contributed by atoms with E-state index < -0.39 is 0 Å². The van der Waals surface area contributed by atoms with Crippen molar-refractivity contribution in [2.75, 3.05) is 6.54 Å². The molecule has 0 saturated carbocycles. The van der Waals surface area contributed by atoms with Crippen molar-refractivity contribution in [3.05, 3.63) is 11.1 Å². The van der Waals surface area contributed by atoms with Gasteiger partial charge in [-0.1, -0.05) is 48.5 Å². The van der Waals surface area contributed by atoms with Crippen LogP contribution in [-0.4, -0.2) is 23.2 Å². The molecule has 0 fully saturated rings. The fourth-order valence-electron chi connectivity index (χ4n) is 2.55. The van der Waals surface area contributed by atoms with Crippen molar-refractivity contribution >= 4 is 12.1 Å². The van der Waals surface area contributed by atoms with Crippen LogP contribution in [0.4, 0.5) is 0 Å². The summed E-state index contributed by atoms with van der Waals surface area (Å²) in [6, 6.07) is 0. The van der Waals surface area contributed by atoms with Crippen molar-refractivity contribution in [1.29, 1.82) is 0 Å². The van der Waals surface area contributed by atoms with Crippen molar-refractivity contribution in [3.8, 4) is 0 Å². The SMILES string of the molecule is CCC[N+]1=CCC(C(C)(C)C)=C(C(C)(C)C)C1=O. The maximum atomic E-state index is 12.7. The number of rotatable bonds is 2. The van der Waals surface area contributed by atoms with Gasteiger partial charge in [0.05, 0.1) is 5.57 Å². The molecule has 2 heteroatoms. The largest absolute Gasteiger partial charge is 0.415 e. The highest BCUT2D eigenvalue weighted by atomic mass is 16.2. The Balaban J connectivity index is 3.28. The van der Waals surface area contributed by atoms with Crippen LogP contribution < -0.4 is 0 Å². The molecule has 1 aliphatic heterocycles. The first kappa shape index (κ1) is 15.1. The molecular weight excluding hydrogens is 222 g/mol. The Morgan fingerprint density at radius 2 is 1.67 bits per heavy atom. The first-order valence-corrected chi connectivity index (χ1v) is 6.97. The molecular formula is C16H28NO+. The highest BCUT2D eigenvalue weighted by Gasteiger charge is 2.40. The highest BCUT2D eigenvalue weighted by molar-refractivity contribution is 5.94. The van der Waals surface area contributed by atoms with Crippen molar-refractivity contribution in [2.45, 2.75) is 61.3 Å². The summed E-state index contributed by atoms with van der Waals surface area (Å²) < 4.78 is 1.90. The topological polar surface area (TPSA) is 20.1 Å². The molecule has 0 aromatic heterocycles. The Bertz CT molecular complexity index is 400. The molecule has 2 nitrogen and oxygen atoms in total. The molecule has 0 aromatic rings. The van der Waals surface area contributed by atoms with Crippen molar-refractivity contribution in [2.24, 2.45) is 10.8 Å². The van der Waals surface area contributed by atoms with Crippen LogP contribution >= 0.6 is 0 Å². The normalized spacial score (nSPS) is 18.2. The smallest absolute Gasteiger partial charge is 0.215 e. The van der Waals surface area contributed by atoms with E-state index in [4.69, 9.17) is 0 Å². The molecule has 0 radical (unpaired) electrons. The zero-order valence-electron chi connectivity index (χ0n) is 13.1. The Morgan fingerprint density at radius 1 is 1.11 bits per heavy atom. The second-order valence-electron chi connectivity index (χ2n) is 7.24. The Labute approximate surface area is 112 Å². The van der Waals surface area contributed by atoms with Gasteiger partial charge in [0.1, 0.15) is 0 Å². The van der Waals surface area contributed by atoms with Crippen LogP contribution in [0.25, 0.3) is 0 Å². The summed E-state index contributed by atoms with van der Waals surface area (Å²) in [7, 11) is 0. The van der Waals surface area contributed by atoms with Gasteiger partial charge < -0.3 is 0 Å². The molecule has 102 valence electrons. The Kier molecular flexibility index (Phi) is 4.19. The summed E-state index contributed by atoms with van der Waals surface area (Å²) in [5.41, 5.74) is 2.30. The number of carbonyl (C=O) groups is 1. The quantitative estimate of drug-likeness (QED) is 0.683. The van der Waals surface area contributed by atoms with E-state index in [9.17, 15) is 4.79 Å². The van der Waals surface area contributed by atoms with Crippen LogP contribution in [-0.2, 0) is 4.79 Å². The minimum Gasteiger partial charge on any atom is -0.215 e. The fraction of sp³-hybridized carbons (Fsp3) is 0.750. The number of amides is 1. The van der Waals surface area contributed by atoms with Gasteiger partial charge >= 0.3 is 5.91 Å². The van der Waals surface area contributed by atoms with E-state index in [2.05, 4.69) is 54.7 Å². The summed E-state index contributed by atoms with van der Waals surface area (Å²) in [6.45, 7) is 16.0. The van der Waals surface area contributed by atoms with Crippen molar-refractivity contribution in [3.63, 3.8) is 0 Å². The van der Waals surface area contributed by atoms with Gasteiger partial charge in [-0.05, 0) is 16.4 Å². The monoisotopic (exact) mass is 250 g/mol. The van der Waals surface area contributed by atoms with Gasteiger partial charge in [-0.2, -0.15) is 4.58 Å².